The third-order valence-electron chi connectivity index (χ3n) is 3.98. The highest BCUT2D eigenvalue weighted by atomic mass is 16.5. The highest BCUT2D eigenvalue weighted by molar-refractivity contribution is 4.90. The summed E-state index contributed by atoms with van der Waals surface area (Å²) in [5.41, 5.74) is 0. The lowest BCUT2D eigenvalue weighted by molar-refractivity contribution is 0.0338. The van der Waals surface area contributed by atoms with Crippen molar-refractivity contribution in [1.82, 2.24) is 10.2 Å². The third-order valence-corrected chi connectivity index (χ3v) is 3.98. The Balaban J connectivity index is 1.81. The van der Waals surface area contributed by atoms with E-state index in [2.05, 4.69) is 10.2 Å². The molecule has 0 bridgehead atoms. The fourth-order valence-electron chi connectivity index (χ4n) is 2.97. The van der Waals surface area contributed by atoms with Gasteiger partial charge in [0.2, 0.25) is 0 Å². The molecule has 2 aliphatic heterocycles. The van der Waals surface area contributed by atoms with Crippen molar-refractivity contribution >= 4 is 0 Å². The molecule has 2 heterocycles. The summed E-state index contributed by atoms with van der Waals surface area (Å²) in [6.45, 7) is 4.88. The minimum absolute atomic E-state index is 0.194. The van der Waals surface area contributed by atoms with Crippen LogP contribution in [0.1, 0.15) is 19.3 Å². The molecule has 0 radical (unpaired) electrons. The SMILES string of the molecule is COCCNCC1CCCCN1C1COCC1O. The van der Waals surface area contributed by atoms with Crippen LogP contribution in [0, 0.1) is 0 Å². The first-order valence-electron chi connectivity index (χ1n) is 7.04. The smallest absolute Gasteiger partial charge is 0.0950 e. The topological polar surface area (TPSA) is 54.0 Å². The number of piperidine rings is 1. The first kappa shape index (κ1) is 14.2. The maximum atomic E-state index is 9.96. The summed E-state index contributed by atoms with van der Waals surface area (Å²) >= 11 is 0. The zero-order valence-corrected chi connectivity index (χ0v) is 11.3. The predicted octanol–water partition coefficient (Wildman–Crippen LogP) is -0.163. The Bertz CT molecular complexity index is 240. The fraction of sp³-hybridized carbons (Fsp3) is 1.00. The van der Waals surface area contributed by atoms with E-state index in [1.54, 1.807) is 7.11 Å². The van der Waals surface area contributed by atoms with Gasteiger partial charge in [-0.05, 0) is 19.4 Å². The number of aliphatic hydroxyl groups excluding tert-OH is 1. The third kappa shape index (κ3) is 3.65. The van der Waals surface area contributed by atoms with E-state index in [9.17, 15) is 5.11 Å². The number of rotatable bonds is 6. The number of hydrogen-bond donors (Lipinski definition) is 2. The van der Waals surface area contributed by atoms with E-state index >= 15 is 0 Å². The maximum Gasteiger partial charge on any atom is 0.0950 e. The minimum Gasteiger partial charge on any atom is -0.389 e. The quantitative estimate of drug-likeness (QED) is 0.648. The Morgan fingerprint density at radius 2 is 2.28 bits per heavy atom. The molecule has 2 rings (SSSR count). The van der Waals surface area contributed by atoms with Crippen molar-refractivity contribution in [2.45, 2.75) is 37.5 Å². The van der Waals surface area contributed by atoms with Crippen molar-refractivity contribution in [2.24, 2.45) is 0 Å². The van der Waals surface area contributed by atoms with E-state index in [4.69, 9.17) is 9.47 Å². The van der Waals surface area contributed by atoms with E-state index in [-0.39, 0.29) is 12.1 Å². The van der Waals surface area contributed by atoms with Gasteiger partial charge < -0.3 is 19.9 Å². The van der Waals surface area contributed by atoms with E-state index in [0.717, 1.165) is 26.2 Å². The summed E-state index contributed by atoms with van der Waals surface area (Å²) in [7, 11) is 1.72. The van der Waals surface area contributed by atoms with E-state index < -0.39 is 0 Å². The molecule has 2 aliphatic rings. The Labute approximate surface area is 109 Å². The molecule has 0 saturated carbocycles. The Morgan fingerprint density at radius 3 is 3.00 bits per heavy atom. The van der Waals surface area contributed by atoms with Gasteiger partial charge in [-0.3, -0.25) is 4.90 Å². The number of aliphatic hydroxyl groups is 1. The van der Waals surface area contributed by atoms with Crippen molar-refractivity contribution in [2.75, 3.05) is 46.6 Å². The van der Waals surface area contributed by atoms with Crippen LogP contribution < -0.4 is 5.32 Å². The van der Waals surface area contributed by atoms with Crippen LogP contribution in [0.15, 0.2) is 0 Å². The molecule has 2 fully saturated rings. The van der Waals surface area contributed by atoms with Crippen molar-refractivity contribution in [1.29, 1.82) is 0 Å². The Hall–Kier alpha value is -0.200. The molecule has 0 aromatic carbocycles. The summed E-state index contributed by atoms with van der Waals surface area (Å²) in [5, 5.41) is 13.4. The van der Waals surface area contributed by atoms with Crippen molar-refractivity contribution in [3.05, 3.63) is 0 Å². The zero-order valence-electron chi connectivity index (χ0n) is 11.3. The van der Waals surface area contributed by atoms with Crippen LogP contribution in [-0.4, -0.2) is 74.8 Å². The molecule has 0 amide bonds. The zero-order chi connectivity index (χ0) is 12.8. The standard InChI is InChI=1S/C13H26N2O3/c1-17-7-5-14-8-11-4-2-3-6-15(11)12-9-18-10-13(12)16/h11-14,16H,2-10H2,1H3. The van der Waals surface area contributed by atoms with Gasteiger partial charge in [-0.2, -0.15) is 0 Å². The van der Waals surface area contributed by atoms with E-state index in [0.29, 0.717) is 19.3 Å². The lowest BCUT2D eigenvalue weighted by Crippen LogP contribution is -2.54. The molecule has 3 atom stereocenters. The molecule has 0 aromatic rings. The average molecular weight is 258 g/mol. The molecule has 3 unspecified atom stereocenters. The number of hydrogen-bond acceptors (Lipinski definition) is 5. The molecule has 0 aromatic heterocycles. The molecule has 0 spiro atoms. The lowest BCUT2D eigenvalue weighted by Gasteiger charge is -2.40. The van der Waals surface area contributed by atoms with Gasteiger partial charge in [0.05, 0.1) is 32.0 Å². The summed E-state index contributed by atoms with van der Waals surface area (Å²) in [6, 6.07) is 0.719. The minimum atomic E-state index is -0.315. The van der Waals surface area contributed by atoms with E-state index in [1.165, 1.54) is 19.3 Å². The average Bonchev–Trinajstić information content (AvgIpc) is 2.81. The Morgan fingerprint density at radius 1 is 1.39 bits per heavy atom. The van der Waals surface area contributed by atoms with E-state index in [1.807, 2.05) is 0 Å². The predicted molar refractivity (Wildman–Crippen MR) is 69.7 cm³/mol. The molecule has 106 valence electrons. The van der Waals surface area contributed by atoms with Crippen LogP contribution in [-0.2, 0) is 9.47 Å². The summed E-state index contributed by atoms with van der Waals surface area (Å²) in [5.74, 6) is 0. The van der Waals surface area contributed by atoms with Crippen LogP contribution in [0.4, 0.5) is 0 Å². The van der Waals surface area contributed by atoms with Gasteiger partial charge in [0.1, 0.15) is 0 Å². The van der Waals surface area contributed by atoms with Crippen LogP contribution >= 0.6 is 0 Å². The first-order valence-corrected chi connectivity index (χ1v) is 7.04. The van der Waals surface area contributed by atoms with Gasteiger partial charge in [-0.25, -0.2) is 0 Å². The highest BCUT2D eigenvalue weighted by Crippen LogP contribution is 2.23. The molecule has 5 nitrogen and oxygen atoms in total. The Kier molecular flexibility index (Phi) is 5.85. The molecule has 5 heteroatoms. The van der Waals surface area contributed by atoms with Gasteiger partial charge in [0.25, 0.3) is 0 Å². The van der Waals surface area contributed by atoms with Crippen molar-refractivity contribution in [3.8, 4) is 0 Å². The maximum absolute atomic E-state index is 9.96. The number of nitrogens with zero attached hydrogens (tertiary/aromatic N) is 1. The molecule has 18 heavy (non-hydrogen) atoms. The van der Waals surface area contributed by atoms with Crippen LogP contribution in [0.25, 0.3) is 0 Å². The lowest BCUT2D eigenvalue weighted by atomic mass is 9.98. The normalized spacial score (nSPS) is 34.0. The monoisotopic (exact) mass is 258 g/mol. The summed E-state index contributed by atoms with van der Waals surface area (Å²) < 4.78 is 10.4. The molecule has 2 saturated heterocycles. The second-order valence-corrected chi connectivity index (χ2v) is 5.26. The second-order valence-electron chi connectivity index (χ2n) is 5.26. The molecule has 0 aliphatic carbocycles. The first-order chi connectivity index (χ1) is 8.83. The molecular formula is C13H26N2O3. The van der Waals surface area contributed by atoms with Gasteiger partial charge in [-0.1, -0.05) is 6.42 Å². The van der Waals surface area contributed by atoms with Crippen molar-refractivity contribution < 1.29 is 14.6 Å². The number of ether oxygens (including phenoxy) is 2. The van der Waals surface area contributed by atoms with Crippen LogP contribution in [0.2, 0.25) is 0 Å². The number of nitrogens with one attached hydrogen (secondary N) is 1. The van der Waals surface area contributed by atoms with Crippen LogP contribution in [0.5, 0.6) is 0 Å². The fourth-order valence-corrected chi connectivity index (χ4v) is 2.97. The highest BCUT2D eigenvalue weighted by Gasteiger charge is 2.36. The van der Waals surface area contributed by atoms with Gasteiger partial charge in [-0.15, -0.1) is 0 Å². The van der Waals surface area contributed by atoms with Gasteiger partial charge in [0, 0.05) is 26.2 Å². The largest absolute Gasteiger partial charge is 0.389 e. The summed E-state index contributed by atoms with van der Waals surface area (Å²) in [4.78, 5) is 2.45. The second kappa shape index (κ2) is 7.40. The van der Waals surface area contributed by atoms with Gasteiger partial charge in [0.15, 0.2) is 0 Å². The molecular weight excluding hydrogens is 232 g/mol. The van der Waals surface area contributed by atoms with Crippen LogP contribution in [0.3, 0.4) is 0 Å². The molecule has 2 N–H and O–H groups in total. The van der Waals surface area contributed by atoms with Crippen molar-refractivity contribution in [3.63, 3.8) is 0 Å². The number of likely N-dealkylation sites (tertiary alicyclic amines) is 1. The number of methoxy groups -OCH3 is 1. The summed E-state index contributed by atoms with van der Waals surface area (Å²) in [6.07, 6.45) is 3.42. The van der Waals surface area contributed by atoms with Gasteiger partial charge >= 0.3 is 0 Å².